The summed E-state index contributed by atoms with van der Waals surface area (Å²) in [5, 5.41) is 6.47. The molecule has 0 spiro atoms. The minimum atomic E-state index is 0.186. The number of guanidine groups is 1. The molecule has 0 aliphatic heterocycles. The van der Waals surface area contributed by atoms with Crippen LogP contribution in [-0.4, -0.2) is 58.1 Å². The summed E-state index contributed by atoms with van der Waals surface area (Å²) in [6.07, 6.45) is 1.78. The quantitative estimate of drug-likeness (QED) is 0.399. The van der Waals surface area contributed by atoms with Crippen molar-refractivity contribution < 1.29 is 14.2 Å². The van der Waals surface area contributed by atoms with E-state index in [1.165, 1.54) is 0 Å². The van der Waals surface area contributed by atoms with Gasteiger partial charge in [-0.25, -0.2) is 4.98 Å². The molecule has 0 fully saturated rings. The van der Waals surface area contributed by atoms with Gasteiger partial charge in [0.15, 0.2) is 5.96 Å². The summed E-state index contributed by atoms with van der Waals surface area (Å²) in [5.74, 6) is 1.32. The molecule has 2 N–H and O–H groups in total. The van der Waals surface area contributed by atoms with Crippen molar-refractivity contribution in [3.8, 4) is 5.88 Å². The highest BCUT2D eigenvalue weighted by Crippen LogP contribution is 2.07. The summed E-state index contributed by atoms with van der Waals surface area (Å²) in [7, 11) is 5.05. The average Bonchev–Trinajstić information content (AvgIpc) is 2.53. The van der Waals surface area contributed by atoms with Gasteiger partial charge in [-0.15, -0.1) is 0 Å². The van der Waals surface area contributed by atoms with Crippen molar-refractivity contribution in [2.24, 2.45) is 4.99 Å². The predicted molar refractivity (Wildman–Crippen MR) is 86.3 cm³/mol. The normalized spacial score (nSPS) is 12.8. The molecule has 0 saturated carbocycles. The molecule has 1 atom stereocenters. The Hall–Kier alpha value is -1.86. The van der Waals surface area contributed by atoms with Gasteiger partial charge < -0.3 is 24.8 Å². The maximum Gasteiger partial charge on any atom is 0.213 e. The first-order valence-electron chi connectivity index (χ1n) is 7.22. The van der Waals surface area contributed by atoms with Gasteiger partial charge in [0.25, 0.3) is 0 Å². The Morgan fingerprint density at radius 2 is 2.09 bits per heavy atom. The van der Waals surface area contributed by atoms with E-state index in [1.807, 2.05) is 19.1 Å². The van der Waals surface area contributed by atoms with Crippen LogP contribution in [0.2, 0.25) is 0 Å². The smallest absolute Gasteiger partial charge is 0.213 e. The van der Waals surface area contributed by atoms with E-state index in [0.717, 1.165) is 11.5 Å². The van der Waals surface area contributed by atoms with Crippen LogP contribution in [0.3, 0.4) is 0 Å². The van der Waals surface area contributed by atoms with Gasteiger partial charge in [0, 0.05) is 46.1 Å². The molecule has 22 heavy (non-hydrogen) atoms. The number of pyridine rings is 1. The average molecular weight is 310 g/mol. The molecule has 1 aromatic rings. The fourth-order valence-corrected chi connectivity index (χ4v) is 1.74. The first-order chi connectivity index (χ1) is 10.7. The van der Waals surface area contributed by atoms with Crippen LogP contribution in [0.1, 0.15) is 12.5 Å². The minimum Gasteiger partial charge on any atom is -0.475 e. The topological polar surface area (TPSA) is 77.0 Å². The Bertz CT molecular complexity index is 437. The number of ether oxygens (including phenoxy) is 3. The standard InChI is InChI=1S/C15H26N4O3/c1-12(11-21-4)19-15(16-2)18-10-13-5-6-14(17-9-13)22-8-7-20-3/h5-6,9,12H,7-8,10-11H2,1-4H3,(H2,16,18,19). The third-order valence-electron chi connectivity index (χ3n) is 2.82. The van der Waals surface area contributed by atoms with E-state index in [-0.39, 0.29) is 6.04 Å². The number of aliphatic imine (C=N–C) groups is 1. The first-order valence-corrected chi connectivity index (χ1v) is 7.22. The largest absolute Gasteiger partial charge is 0.475 e. The summed E-state index contributed by atoms with van der Waals surface area (Å²) < 4.78 is 15.4. The van der Waals surface area contributed by atoms with E-state index in [9.17, 15) is 0 Å². The van der Waals surface area contributed by atoms with Gasteiger partial charge in [0.1, 0.15) is 6.61 Å². The molecule has 1 heterocycles. The number of aromatic nitrogens is 1. The van der Waals surface area contributed by atoms with Gasteiger partial charge in [-0.05, 0) is 12.5 Å². The minimum absolute atomic E-state index is 0.186. The van der Waals surface area contributed by atoms with Crippen molar-refractivity contribution >= 4 is 5.96 Å². The lowest BCUT2D eigenvalue weighted by atomic mass is 10.3. The predicted octanol–water partition coefficient (Wildman–Crippen LogP) is 0.807. The van der Waals surface area contributed by atoms with Crippen LogP contribution in [0.25, 0.3) is 0 Å². The van der Waals surface area contributed by atoms with Crippen LogP contribution in [-0.2, 0) is 16.0 Å². The lowest BCUT2D eigenvalue weighted by Gasteiger charge is -2.17. The Labute approximate surface area is 132 Å². The second kappa shape index (κ2) is 10.8. The molecule has 0 aliphatic rings. The van der Waals surface area contributed by atoms with Gasteiger partial charge in [0.05, 0.1) is 13.2 Å². The Balaban J connectivity index is 2.39. The lowest BCUT2D eigenvalue weighted by Crippen LogP contribution is -2.43. The number of nitrogens with one attached hydrogen (secondary N) is 2. The summed E-state index contributed by atoms with van der Waals surface area (Å²) >= 11 is 0. The molecule has 1 rings (SSSR count). The van der Waals surface area contributed by atoms with Crippen LogP contribution >= 0.6 is 0 Å². The van der Waals surface area contributed by atoms with Gasteiger partial charge in [-0.2, -0.15) is 0 Å². The molecular formula is C15H26N4O3. The lowest BCUT2D eigenvalue weighted by molar-refractivity contribution is 0.143. The van der Waals surface area contributed by atoms with Crippen molar-refractivity contribution in [1.29, 1.82) is 0 Å². The SMILES string of the molecule is CN=C(NCc1ccc(OCCOC)nc1)NC(C)COC. The molecule has 7 nitrogen and oxygen atoms in total. The molecule has 0 bridgehead atoms. The molecule has 0 saturated heterocycles. The molecule has 0 radical (unpaired) electrons. The number of hydrogen-bond acceptors (Lipinski definition) is 5. The monoisotopic (exact) mass is 310 g/mol. The summed E-state index contributed by atoms with van der Waals surface area (Å²) in [6, 6.07) is 4.00. The summed E-state index contributed by atoms with van der Waals surface area (Å²) in [6.45, 7) is 4.33. The molecule has 124 valence electrons. The highest BCUT2D eigenvalue weighted by Gasteiger charge is 2.04. The first kappa shape index (κ1) is 18.2. The van der Waals surface area contributed by atoms with Crippen molar-refractivity contribution in [3.05, 3.63) is 23.9 Å². The van der Waals surface area contributed by atoms with Crippen LogP contribution < -0.4 is 15.4 Å². The Morgan fingerprint density at radius 1 is 1.27 bits per heavy atom. The van der Waals surface area contributed by atoms with Crippen LogP contribution in [0.4, 0.5) is 0 Å². The van der Waals surface area contributed by atoms with E-state index in [4.69, 9.17) is 14.2 Å². The molecule has 0 aliphatic carbocycles. The third-order valence-corrected chi connectivity index (χ3v) is 2.82. The fourth-order valence-electron chi connectivity index (χ4n) is 1.74. The molecule has 0 amide bonds. The number of hydrogen-bond donors (Lipinski definition) is 2. The molecule has 1 aromatic heterocycles. The highest BCUT2D eigenvalue weighted by molar-refractivity contribution is 5.79. The van der Waals surface area contributed by atoms with Gasteiger partial charge in [0.2, 0.25) is 5.88 Å². The van der Waals surface area contributed by atoms with Crippen molar-refractivity contribution in [1.82, 2.24) is 15.6 Å². The van der Waals surface area contributed by atoms with Crippen molar-refractivity contribution in [3.63, 3.8) is 0 Å². The van der Waals surface area contributed by atoms with Crippen LogP contribution in [0, 0.1) is 0 Å². The fraction of sp³-hybridized carbons (Fsp3) is 0.600. The van der Waals surface area contributed by atoms with E-state index >= 15 is 0 Å². The second-order valence-electron chi connectivity index (χ2n) is 4.77. The van der Waals surface area contributed by atoms with Gasteiger partial charge >= 0.3 is 0 Å². The van der Waals surface area contributed by atoms with E-state index in [2.05, 4.69) is 20.6 Å². The molecule has 1 unspecified atom stereocenters. The maximum absolute atomic E-state index is 5.42. The number of nitrogens with zero attached hydrogens (tertiary/aromatic N) is 2. The molecule has 0 aromatic carbocycles. The molecule has 7 heteroatoms. The Kier molecular flexibility index (Phi) is 8.94. The van der Waals surface area contributed by atoms with E-state index in [1.54, 1.807) is 27.5 Å². The van der Waals surface area contributed by atoms with Crippen LogP contribution in [0.5, 0.6) is 5.88 Å². The molecular weight excluding hydrogens is 284 g/mol. The van der Waals surface area contributed by atoms with Crippen LogP contribution in [0.15, 0.2) is 23.3 Å². The Morgan fingerprint density at radius 3 is 2.68 bits per heavy atom. The van der Waals surface area contributed by atoms with E-state index in [0.29, 0.717) is 32.2 Å². The van der Waals surface area contributed by atoms with E-state index < -0.39 is 0 Å². The zero-order valence-corrected chi connectivity index (χ0v) is 13.8. The van der Waals surface area contributed by atoms with Crippen molar-refractivity contribution in [2.45, 2.75) is 19.5 Å². The highest BCUT2D eigenvalue weighted by atomic mass is 16.5. The summed E-state index contributed by atoms with van der Waals surface area (Å²) in [5.41, 5.74) is 1.04. The maximum atomic E-state index is 5.42. The van der Waals surface area contributed by atoms with Gasteiger partial charge in [-0.3, -0.25) is 4.99 Å². The number of rotatable bonds is 9. The summed E-state index contributed by atoms with van der Waals surface area (Å²) in [4.78, 5) is 8.42. The van der Waals surface area contributed by atoms with Gasteiger partial charge in [-0.1, -0.05) is 6.07 Å². The van der Waals surface area contributed by atoms with Crippen molar-refractivity contribution in [2.75, 3.05) is 41.1 Å². The zero-order chi connectivity index (χ0) is 16.2. The number of methoxy groups -OCH3 is 2. The zero-order valence-electron chi connectivity index (χ0n) is 13.8. The second-order valence-corrected chi connectivity index (χ2v) is 4.77. The third kappa shape index (κ3) is 7.24.